The molecule has 7 nitrogen and oxygen atoms in total. The van der Waals surface area contributed by atoms with Crippen LogP contribution in [0.4, 0.5) is 9.59 Å². The van der Waals surface area contributed by atoms with E-state index in [0.717, 1.165) is 57.8 Å². The summed E-state index contributed by atoms with van der Waals surface area (Å²) in [5, 5.41) is 5.97. The topological polar surface area (TPSA) is 111 Å². The molecule has 9 atom stereocenters. The number of carbonyl (C=O) groups excluding carboxylic acids is 3. The van der Waals surface area contributed by atoms with Crippen LogP contribution in [0.2, 0.25) is 0 Å². The Kier molecular flexibility index (Phi) is 6.37. The van der Waals surface area contributed by atoms with Crippen molar-refractivity contribution in [2.24, 2.45) is 50.6 Å². The molecule has 0 aromatic carbocycles. The number of urea groups is 1. The number of hydrogen-bond donors (Lipinski definition) is 3. The predicted octanol–water partition coefficient (Wildman–Crippen LogP) is 6.11. The first-order chi connectivity index (χ1) is 18.0. The molecule has 7 heteroatoms. The maximum Gasteiger partial charge on any atom is 0.404 e. The van der Waals surface area contributed by atoms with Crippen LogP contribution >= 0.6 is 0 Å². The molecule has 0 aromatic heterocycles. The van der Waals surface area contributed by atoms with Crippen LogP contribution in [0.15, 0.2) is 11.6 Å². The van der Waals surface area contributed by atoms with E-state index in [0.29, 0.717) is 0 Å². The number of allylic oxidation sites excluding steroid dienone is 2. The molecule has 0 saturated heterocycles. The van der Waals surface area contributed by atoms with Crippen molar-refractivity contribution in [3.05, 3.63) is 11.6 Å². The van der Waals surface area contributed by atoms with E-state index in [-0.39, 0.29) is 68.3 Å². The molecule has 0 heterocycles. The van der Waals surface area contributed by atoms with Gasteiger partial charge < -0.3 is 21.1 Å². The highest BCUT2D eigenvalue weighted by molar-refractivity contribution is 5.95. The molecule has 0 radical (unpaired) electrons. The van der Waals surface area contributed by atoms with Crippen molar-refractivity contribution in [2.45, 2.75) is 118 Å². The van der Waals surface area contributed by atoms with Crippen molar-refractivity contribution in [1.29, 1.82) is 0 Å². The van der Waals surface area contributed by atoms with Crippen molar-refractivity contribution in [1.82, 2.24) is 10.6 Å². The standard InChI is InChI=1S/C32H51N3O4/c1-27(2)22-9-12-32(7)24(30(22,5)11-10-23(27)39-25(33)37)21(36)17-19-20-18-29(4,35-26(38)34-8)15-13-28(20,3)14-16-31(19,32)6/h17,20,22-24H,9-16,18H2,1-8H3,(H2,33,37)(H2,34,35,38)/t20-,22-,23-,24+,28+,29-,30-,31+,32+/m0/s1. The van der Waals surface area contributed by atoms with Crippen LogP contribution in [-0.2, 0) is 9.53 Å². The third-order valence-corrected chi connectivity index (χ3v) is 13.4. The molecule has 5 aliphatic carbocycles. The SMILES string of the molecule is CNC(=O)N[C@@]1(C)CC[C@]2(C)CC[C@]3(C)C(=CC(=O)[C@@H]4[C@@]5(C)CC[C@H](OC(N)=O)C(C)(C)[C@@H]5CC[C@]43C)[C@@H]2C1. The molecule has 4 fully saturated rings. The van der Waals surface area contributed by atoms with Crippen LogP contribution < -0.4 is 16.4 Å². The highest BCUT2D eigenvalue weighted by Gasteiger charge is 2.70. The van der Waals surface area contributed by atoms with Crippen molar-refractivity contribution >= 4 is 17.9 Å². The smallest absolute Gasteiger partial charge is 0.404 e. The Balaban J connectivity index is 1.54. The summed E-state index contributed by atoms with van der Waals surface area (Å²) in [5.41, 5.74) is 6.01. The largest absolute Gasteiger partial charge is 0.446 e. The van der Waals surface area contributed by atoms with Gasteiger partial charge in [-0.1, -0.05) is 47.1 Å². The molecular weight excluding hydrogens is 490 g/mol. The Bertz CT molecular complexity index is 1120. The lowest BCUT2D eigenvalue weighted by atomic mass is 9.33. The Morgan fingerprint density at radius 1 is 0.949 bits per heavy atom. The third-order valence-electron chi connectivity index (χ3n) is 13.4. The summed E-state index contributed by atoms with van der Waals surface area (Å²) in [6, 6.07) is -0.134. The van der Waals surface area contributed by atoms with Gasteiger partial charge in [-0.15, -0.1) is 0 Å². The number of nitrogens with one attached hydrogen (secondary N) is 2. The van der Waals surface area contributed by atoms with Crippen LogP contribution in [0.5, 0.6) is 0 Å². The first-order valence-electron chi connectivity index (χ1n) is 15.2. The van der Waals surface area contributed by atoms with Gasteiger partial charge >= 0.3 is 12.1 Å². The van der Waals surface area contributed by atoms with Gasteiger partial charge in [-0.05, 0) is 104 Å². The maximum absolute atomic E-state index is 14.5. The fourth-order valence-corrected chi connectivity index (χ4v) is 11.0. The number of rotatable bonds is 2. The lowest BCUT2D eigenvalue weighted by Gasteiger charge is -2.70. The summed E-state index contributed by atoms with van der Waals surface area (Å²) >= 11 is 0. The third kappa shape index (κ3) is 3.91. The Labute approximate surface area is 234 Å². The van der Waals surface area contributed by atoms with Gasteiger partial charge in [-0.25, -0.2) is 9.59 Å². The Morgan fingerprint density at radius 2 is 1.62 bits per heavy atom. The molecule has 5 aliphatic rings. The monoisotopic (exact) mass is 541 g/mol. The lowest BCUT2D eigenvalue weighted by Crippen LogP contribution is -2.67. The van der Waals surface area contributed by atoms with E-state index in [9.17, 15) is 14.4 Å². The molecule has 0 spiro atoms. The molecule has 218 valence electrons. The molecule has 4 N–H and O–H groups in total. The van der Waals surface area contributed by atoms with E-state index >= 15 is 0 Å². The minimum Gasteiger partial charge on any atom is -0.446 e. The molecule has 0 unspecified atom stereocenters. The van der Waals surface area contributed by atoms with Crippen molar-refractivity contribution in [2.75, 3.05) is 7.05 Å². The average Bonchev–Trinajstić information content (AvgIpc) is 2.83. The van der Waals surface area contributed by atoms with Gasteiger partial charge in [0.15, 0.2) is 5.78 Å². The fourth-order valence-electron chi connectivity index (χ4n) is 11.0. The van der Waals surface area contributed by atoms with E-state index in [4.69, 9.17) is 10.5 Å². The molecular formula is C32H51N3O4. The zero-order valence-corrected chi connectivity index (χ0v) is 25.5. The molecule has 4 saturated carbocycles. The number of hydrogen-bond acceptors (Lipinski definition) is 4. The second-order valence-electron chi connectivity index (χ2n) is 15.7. The number of ether oxygens (including phenoxy) is 1. The summed E-state index contributed by atoms with van der Waals surface area (Å²) in [5.74, 6) is 0.774. The van der Waals surface area contributed by atoms with Crippen LogP contribution in [0.25, 0.3) is 0 Å². The first kappa shape index (κ1) is 28.5. The quantitative estimate of drug-likeness (QED) is 0.391. The second-order valence-corrected chi connectivity index (χ2v) is 15.7. The Hall–Kier alpha value is -2.05. The Morgan fingerprint density at radius 3 is 2.26 bits per heavy atom. The van der Waals surface area contributed by atoms with E-state index in [1.54, 1.807) is 7.05 Å². The molecule has 5 rings (SSSR count). The van der Waals surface area contributed by atoms with E-state index in [2.05, 4.69) is 65.2 Å². The maximum atomic E-state index is 14.5. The van der Waals surface area contributed by atoms with E-state index < -0.39 is 6.09 Å². The van der Waals surface area contributed by atoms with Gasteiger partial charge in [-0.3, -0.25) is 4.79 Å². The molecule has 0 aliphatic heterocycles. The number of carbonyl (C=O) groups is 3. The van der Waals surface area contributed by atoms with Gasteiger partial charge in [0.25, 0.3) is 0 Å². The number of fused-ring (bicyclic) bond motifs is 7. The van der Waals surface area contributed by atoms with Gasteiger partial charge in [-0.2, -0.15) is 0 Å². The lowest BCUT2D eigenvalue weighted by molar-refractivity contribution is -0.201. The second kappa shape index (κ2) is 8.72. The average molecular weight is 542 g/mol. The van der Waals surface area contributed by atoms with Crippen molar-refractivity contribution in [3.63, 3.8) is 0 Å². The van der Waals surface area contributed by atoms with Crippen LogP contribution in [-0.4, -0.2) is 36.6 Å². The molecule has 3 amide bonds. The van der Waals surface area contributed by atoms with Gasteiger partial charge in [0, 0.05) is 23.9 Å². The van der Waals surface area contributed by atoms with E-state index in [1.165, 1.54) is 5.57 Å². The summed E-state index contributed by atoms with van der Waals surface area (Å²) in [6.07, 6.45) is 9.87. The highest BCUT2D eigenvalue weighted by atomic mass is 16.6. The predicted molar refractivity (Wildman–Crippen MR) is 152 cm³/mol. The van der Waals surface area contributed by atoms with Crippen molar-refractivity contribution < 1.29 is 19.1 Å². The first-order valence-corrected chi connectivity index (χ1v) is 15.2. The summed E-state index contributed by atoms with van der Waals surface area (Å²) in [4.78, 5) is 38.5. The summed E-state index contributed by atoms with van der Waals surface area (Å²) in [6.45, 7) is 16.2. The van der Waals surface area contributed by atoms with E-state index in [1.807, 2.05) is 0 Å². The number of nitrogens with two attached hydrogens (primary N) is 1. The fraction of sp³-hybridized carbons (Fsp3) is 0.844. The minimum atomic E-state index is -0.707. The number of ketones is 1. The number of amides is 3. The summed E-state index contributed by atoms with van der Waals surface area (Å²) < 4.78 is 5.63. The van der Waals surface area contributed by atoms with Gasteiger partial charge in [0.1, 0.15) is 6.10 Å². The molecule has 0 bridgehead atoms. The summed E-state index contributed by atoms with van der Waals surface area (Å²) in [7, 11) is 1.66. The zero-order chi connectivity index (χ0) is 28.8. The van der Waals surface area contributed by atoms with Gasteiger partial charge in [0.2, 0.25) is 0 Å². The van der Waals surface area contributed by atoms with Crippen LogP contribution in [0.3, 0.4) is 0 Å². The van der Waals surface area contributed by atoms with Crippen LogP contribution in [0.1, 0.15) is 106 Å². The zero-order valence-electron chi connectivity index (χ0n) is 25.5. The normalized spacial score (nSPS) is 48.3. The number of primary amides is 1. The molecule has 0 aromatic rings. The minimum absolute atomic E-state index is 0.0605. The highest BCUT2D eigenvalue weighted by Crippen LogP contribution is 2.74. The van der Waals surface area contributed by atoms with Crippen molar-refractivity contribution in [3.8, 4) is 0 Å². The van der Waals surface area contributed by atoms with Crippen LogP contribution in [0, 0.1) is 44.8 Å². The van der Waals surface area contributed by atoms with Gasteiger partial charge in [0.05, 0.1) is 0 Å². The molecule has 39 heavy (non-hydrogen) atoms.